The Labute approximate surface area is 130 Å². The Morgan fingerprint density at radius 1 is 1.05 bits per heavy atom. The third-order valence-electron chi connectivity index (χ3n) is 3.97. The Morgan fingerprint density at radius 3 is 2.55 bits per heavy atom. The van der Waals surface area contributed by atoms with Crippen LogP contribution in [0.1, 0.15) is 17.5 Å². The molecule has 0 aromatic heterocycles. The van der Waals surface area contributed by atoms with Crippen LogP contribution in [0.2, 0.25) is 0 Å². The van der Waals surface area contributed by atoms with Gasteiger partial charge in [-0.15, -0.1) is 0 Å². The van der Waals surface area contributed by atoms with E-state index in [2.05, 4.69) is 17.4 Å². The van der Waals surface area contributed by atoms with Crippen LogP contribution in [0.3, 0.4) is 0 Å². The number of carbonyl (C=O) groups is 1. The molecule has 3 heteroatoms. The first kappa shape index (κ1) is 14.4. The van der Waals surface area contributed by atoms with Gasteiger partial charge in [-0.2, -0.15) is 0 Å². The van der Waals surface area contributed by atoms with Crippen molar-refractivity contribution in [3.63, 3.8) is 0 Å². The topological polar surface area (TPSA) is 38.3 Å². The molecule has 0 saturated carbocycles. The average Bonchev–Trinajstić information content (AvgIpc) is 2.59. The van der Waals surface area contributed by atoms with E-state index in [1.54, 1.807) is 0 Å². The summed E-state index contributed by atoms with van der Waals surface area (Å²) < 4.78 is 4.95. The van der Waals surface area contributed by atoms with Gasteiger partial charge < -0.3 is 10.1 Å². The second-order valence-corrected chi connectivity index (χ2v) is 5.39. The van der Waals surface area contributed by atoms with E-state index >= 15 is 0 Å². The zero-order valence-electron chi connectivity index (χ0n) is 12.6. The van der Waals surface area contributed by atoms with Gasteiger partial charge in [0.05, 0.1) is 12.7 Å². The maximum absolute atomic E-state index is 12.1. The lowest BCUT2D eigenvalue weighted by Crippen LogP contribution is -2.20. The fraction of sp³-hybridized carbons (Fsp3) is 0.211. The fourth-order valence-electron chi connectivity index (χ4n) is 2.78. The first-order valence-electron chi connectivity index (χ1n) is 7.47. The molecule has 22 heavy (non-hydrogen) atoms. The molecule has 112 valence electrons. The predicted molar refractivity (Wildman–Crippen MR) is 87.6 cm³/mol. The van der Waals surface area contributed by atoms with Crippen LogP contribution in [0.25, 0.3) is 0 Å². The van der Waals surface area contributed by atoms with Gasteiger partial charge in [-0.3, -0.25) is 0 Å². The molecule has 2 aromatic rings. The number of hydrogen-bond donors (Lipinski definition) is 1. The summed E-state index contributed by atoms with van der Waals surface area (Å²) in [5, 5.41) is 3.41. The van der Waals surface area contributed by atoms with E-state index < -0.39 is 0 Å². The minimum absolute atomic E-state index is 0.245. The molecule has 0 fully saturated rings. The average molecular weight is 293 g/mol. The minimum Gasteiger partial charge on any atom is -0.466 e. The number of para-hydroxylation sites is 1. The van der Waals surface area contributed by atoms with Gasteiger partial charge in [-0.25, -0.2) is 4.79 Å². The molecule has 1 heterocycles. The number of ether oxygens (including phenoxy) is 1. The largest absolute Gasteiger partial charge is 0.466 e. The van der Waals surface area contributed by atoms with Gasteiger partial charge in [0, 0.05) is 17.8 Å². The predicted octanol–water partition coefficient (Wildman–Crippen LogP) is 3.71. The van der Waals surface area contributed by atoms with Crippen LogP contribution < -0.4 is 5.32 Å². The summed E-state index contributed by atoms with van der Waals surface area (Å²) in [6.45, 7) is 0. The van der Waals surface area contributed by atoms with E-state index in [0.29, 0.717) is 6.42 Å². The Kier molecular flexibility index (Phi) is 4.24. The molecule has 0 amide bonds. The summed E-state index contributed by atoms with van der Waals surface area (Å²) in [6.07, 6.45) is 2.31. The van der Waals surface area contributed by atoms with Crippen molar-refractivity contribution in [1.29, 1.82) is 0 Å². The summed E-state index contributed by atoms with van der Waals surface area (Å²) >= 11 is 0. The molecule has 2 aromatic carbocycles. The molecule has 1 aliphatic rings. The number of anilines is 1. The van der Waals surface area contributed by atoms with Crippen molar-refractivity contribution in [2.45, 2.75) is 19.3 Å². The summed E-state index contributed by atoms with van der Waals surface area (Å²) in [6, 6.07) is 18.4. The van der Waals surface area contributed by atoms with E-state index in [0.717, 1.165) is 35.4 Å². The van der Waals surface area contributed by atoms with Gasteiger partial charge in [0.2, 0.25) is 0 Å². The lowest BCUT2D eigenvalue weighted by molar-refractivity contribution is -0.136. The zero-order valence-corrected chi connectivity index (χ0v) is 12.6. The van der Waals surface area contributed by atoms with Crippen LogP contribution in [-0.4, -0.2) is 13.1 Å². The van der Waals surface area contributed by atoms with Gasteiger partial charge in [-0.05, 0) is 30.0 Å². The second-order valence-electron chi connectivity index (χ2n) is 5.39. The maximum atomic E-state index is 12.1. The Morgan fingerprint density at radius 2 is 1.77 bits per heavy atom. The molecule has 0 atom stereocenters. The number of fused-ring (bicyclic) bond motifs is 1. The van der Waals surface area contributed by atoms with Gasteiger partial charge in [0.25, 0.3) is 0 Å². The summed E-state index contributed by atoms with van der Waals surface area (Å²) in [5.74, 6) is -0.245. The molecule has 1 N–H and O–H groups in total. The minimum atomic E-state index is -0.245. The molecule has 3 nitrogen and oxygen atoms in total. The van der Waals surface area contributed by atoms with Crippen LogP contribution >= 0.6 is 0 Å². The number of nitrogens with one attached hydrogen (secondary N) is 1. The number of hydrogen-bond acceptors (Lipinski definition) is 3. The first-order valence-corrected chi connectivity index (χ1v) is 7.47. The molecule has 0 saturated heterocycles. The molecule has 0 radical (unpaired) electrons. The Hall–Kier alpha value is -2.55. The van der Waals surface area contributed by atoms with Crippen molar-refractivity contribution >= 4 is 11.7 Å². The smallest absolute Gasteiger partial charge is 0.335 e. The quantitative estimate of drug-likeness (QED) is 0.873. The summed E-state index contributed by atoms with van der Waals surface area (Å²) in [7, 11) is 1.44. The van der Waals surface area contributed by atoms with E-state index in [1.165, 1.54) is 12.7 Å². The van der Waals surface area contributed by atoms with Gasteiger partial charge in [-0.1, -0.05) is 48.5 Å². The van der Waals surface area contributed by atoms with Crippen LogP contribution in [0.5, 0.6) is 0 Å². The highest BCUT2D eigenvalue weighted by molar-refractivity contribution is 5.92. The van der Waals surface area contributed by atoms with Crippen LogP contribution in [-0.2, 0) is 22.4 Å². The van der Waals surface area contributed by atoms with Crippen LogP contribution in [0, 0.1) is 0 Å². The van der Waals surface area contributed by atoms with E-state index in [1.807, 2.05) is 42.5 Å². The lowest BCUT2D eigenvalue weighted by atomic mass is 9.94. The number of benzene rings is 2. The second kappa shape index (κ2) is 6.48. The maximum Gasteiger partial charge on any atom is 0.335 e. The highest BCUT2D eigenvalue weighted by atomic mass is 16.5. The number of allylic oxidation sites excluding steroid dienone is 1. The molecule has 1 aliphatic heterocycles. The van der Waals surface area contributed by atoms with Crippen molar-refractivity contribution in [2.75, 3.05) is 12.4 Å². The standard InChI is InChI=1S/C19H19NO2/c1-22-19(21)16-13-15-9-5-6-10-17(15)20-18(16)12-11-14-7-3-2-4-8-14/h2-10,20H,11-13H2,1H3. The number of esters is 1. The van der Waals surface area contributed by atoms with Crippen LogP contribution in [0.4, 0.5) is 5.69 Å². The lowest BCUT2D eigenvalue weighted by Gasteiger charge is -2.23. The van der Waals surface area contributed by atoms with Crippen LogP contribution in [0.15, 0.2) is 65.9 Å². The van der Waals surface area contributed by atoms with Crippen molar-refractivity contribution in [1.82, 2.24) is 0 Å². The first-order chi connectivity index (χ1) is 10.8. The molecule has 3 rings (SSSR count). The monoisotopic (exact) mass is 293 g/mol. The molecule has 0 unspecified atom stereocenters. The van der Waals surface area contributed by atoms with E-state index in [-0.39, 0.29) is 5.97 Å². The Balaban J connectivity index is 1.84. The van der Waals surface area contributed by atoms with Gasteiger partial charge >= 0.3 is 5.97 Å². The van der Waals surface area contributed by atoms with E-state index in [9.17, 15) is 4.79 Å². The van der Waals surface area contributed by atoms with E-state index in [4.69, 9.17) is 4.74 Å². The molecule has 0 spiro atoms. The SMILES string of the molecule is COC(=O)C1=C(CCc2ccccc2)Nc2ccccc2C1. The number of methoxy groups -OCH3 is 1. The third-order valence-corrected chi connectivity index (χ3v) is 3.97. The molecule has 0 aliphatic carbocycles. The Bertz CT molecular complexity index is 704. The summed E-state index contributed by atoms with van der Waals surface area (Å²) in [5.41, 5.74) is 5.18. The highest BCUT2D eigenvalue weighted by Crippen LogP contribution is 2.30. The normalized spacial score (nSPS) is 13.3. The van der Waals surface area contributed by atoms with Gasteiger partial charge in [0.1, 0.15) is 0 Å². The van der Waals surface area contributed by atoms with Crippen molar-refractivity contribution in [2.24, 2.45) is 0 Å². The zero-order chi connectivity index (χ0) is 15.4. The van der Waals surface area contributed by atoms with Crippen molar-refractivity contribution in [3.05, 3.63) is 77.0 Å². The molecular weight excluding hydrogens is 274 g/mol. The fourth-order valence-corrected chi connectivity index (χ4v) is 2.78. The number of carbonyl (C=O) groups excluding carboxylic acids is 1. The number of rotatable bonds is 4. The third kappa shape index (κ3) is 3.03. The molecule has 0 bridgehead atoms. The van der Waals surface area contributed by atoms with Crippen molar-refractivity contribution < 1.29 is 9.53 Å². The molecular formula is C19H19NO2. The van der Waals surface area contributed by atoms with Crippen molar-refractivity contribution in [3.8, 4) is 0 Å². The highest BCUT2D eigenvalue weighted by Gasteiger charge is 2.22. The van der Waals surface area contributed by atoms with Gasteiger partial charge in [0.15, 0.2) is 0 Å². The summed E-state index contributed by atoms with van der Waals surface area (Å²) in [4.78, 5) is 12.1. The number of aryl methyl sites for hydroxylation is 1.